The Morgan fingerprint density at radius 3 is 1.29 bits per heavy atom. The fraction of sp³-hybridized carbons (Fsp3) is 0.250. The van der Waals surface area contributed by atoms with Crippen LogP contribution < -0.4 is 0 Å². The van der Waals surface area contributed by atoms with E-state index in [0.717, 1.165) is 11.1 Å². The second kappa shape index (κ2) is 4.92. The van der Waals surface area contributed by atoms with Crippen LogP contribution in [0.25, 0.3) is 0 Å². The highest BCUT2D eigenvalue weighted by atomic mass is 79.9. The quantitative estimate of drug-likeness (QED) is 0.449. The van der Waals surface area contributed by atoms with E-state index in [4.69, 9.17) is 23.2 Å². The molecule has 0 aliphatic carbocycles. The Balaban J connectivity index is 3.31. The highest BCUT2D eigenvalue weighted by Gasteiger charge is 2.32. The van der Waals surface area contributed by atoms with Gasteiger partial charge in [0.05, 0.1) is 0 Å². The van der Waals surface area contributed by atoms with Crippen molar-refractivity contribution in [2.24, 2.45) is 0 Å². The lowest BCUT2D eigenvalue weighted by Crippen LogP contribution is -2.09. The van der Waals surface area contributed by atoms with Crippen LogP contribution in [0.15, 0.2) is 24.3 Å². The molecule has 0 nitrogen and oxygen atoms in total. The maximum Gasteiger partial charge on any atom is 0.178 e. The average molecular weight is 491 g/mol. The van der Waals surface area contributed by atoms with E-state index < -0.39 is 5.39 Å². The van der Waals surface area contributed by atoms with Crippen molar-refractivity contribution in [1.82, 2.24) is 0 Å². The lowest BCUT2D eigenvalue weighted by atomic mass is 10.1. The molecule has 78 valence electrons. The lowest BCUT2D eigenvalue weighted by molar-refractivity contribution is 1.19. The fourth-order valence-electron chi connectivity index (χ4n) is 0.978. The molecular formula is C8H4Br4Cl2. The van der Waals surface area contributed by atoms with Crippen molar-refractivity contribution in [2.75, 3.05) is 0 Å². The van der Waals surface area contributed by atoms with Gasteiger partial charge in [0.25, 0.3) is 0 Å². The van der Waals surface area contributed by atoms with E-state index >= 15 is 0 Å². The zero-order chi connectivity index (χ0) is 11.0. The topological polar surface area (TPSA) is 0 Å². The van der Waals surface area contributed by atoms with Crippen LogP contribution in [-0.4, -0.2) is 0 Å². The second-order valence-electron chi connectivity index (χ2n) is 2.54. The molecule has 0 aromatic heterocycles. The molecule has 0 heterocycles. The predicted molar refractivity (Wildman–Crippen MR) is 77.2 cm³/mol. The molecule has 0 saturated heterocycles. The molecule has 1 aromatic rings. The van der Waals surface area contributed by atoms with Crippen molar-refractivity contribution in [2.45, 2.75) is 5.39 Å². The predicted octanol–water partition coefficient (Wildman–Crippen LogP) is 5.96. The van der Waals surface area contributed by atoms with Gasteiger partial charge in [-0.1, -0.05) is 47.5 Å². The Kier molecular flexibility index (Phi) is 4.85. The van der Waals surface area contributed by atoms with E-state index in [-0.39, 0.29) is 0 Å². The van der Waals surface area contributed by atoms with Crippen molar-refractivity contribution in [3.63, 3.8) is 0 Å². The van der Waals surface area contributed by atoms with Crippen LogP contribution in [0.5, 0.6) is 0 Å². The minimum atomic E-state index is -0.807. The Morgan fingerprint density at radius 2 is 1.07 bits per heavy atom. The number of hydrogen-bond acceptors (Lipinski definition) is 0. The fourth-order valence-corrected chi connectivity index (χ4v) is 2.69. The molecule has 0 atom stereocenters. The van der Waals surface area contributed by atoms with Crippen molar-refractivity contribution in [1.29, 1.82) is 0 Å². The number of hydrogen-bond donors (Lipinski definition) is 0. The first kappa shape index (κ1) is 13.8. The zero-order valence-corrected chi connectivity index (χ0v) is 14.4. The van der Waals surface area contributed by atoms with E-state index in [2.05, 4.69) is 63.7 Å². The number of halogens is 6. The monoisotopic (exact) mass is 486 g/mol. The third-order valence-electron chi connectivity index (χ3n) is 1.54. The van der Waals surface area contributed by atoms with Gasteiger partial charge in [-0.05, 0) is 63.7 Å². The highest BCUT2D eigenvalue weighted by Crippen LogP contribution is 2.51. The van der Waals surface area contributed by atoms with Crippen molar-refractivity contribution >= 4 is 86.9 Å². The normalized spacial score (nSPS) is 13.0. The zero-order valence-electron chi connectivity index (χ0n) is 6.58. The summed E-state index contributed by atoms with van der Waals surface area (Å²) in [7, 11) is 0. The van der Waals surface area contributed by atoms with Gasteiger partial charge in [-0.15, -0.1) is 0 Å². The third-order valence-corrected chi connectivity index (χ3v) is 3.65. The number of benzene rings is 1. The van der Waals surface area contributed by atoms with Crippen LogP contribution in [0, 0.1) is 0 Å². The Morgan fingerprint density at radius 1 is 0.786 bits per heavy atom. The average Bonchev–Trinajstić information content (AvgIpc) is 2.01. The maximum atomic E-state index is 6.10. The van der Waals surface area contributed by atoms with Gasteiger partial charge in [0, 0.05) is 11.1 Å². The number of rotatable bonds is 2. The molecule has 0 fully saturated rings. The summed E-state index contributed by atoms with van der Waals surface area (Å²) in [6, 6.07) is 7.54. The molecule has 6 heteroatoms. The summed E-state index contributed by atoms with van der Waals surface area (Å²) in [6.45, 7) is 0. The van der Waals surface area contributed by atoms with E-state index in [1.807, 2.05) is 24.3 Å². The molecule has 0 bridgehead atoms. The second-order valence-corrected chi connectivity index (χ2v) is 12.4. The van der Waals surface area contributed by atoms with Crippen LogP contribution >= 0.6 is 86.9 Å². The molecule has 1 rings (SSSR count). The Hall–Kier alpha value is 1.72. The van der Waals surface area contributed by atoms with Gasteiger partial charge >= 0.3 is 0 Å². The van der Waals surface area contributed by atoms with Crippen LogP contribution in [0.4, 0.5) is 0 Å². The van der Waals surface area contributed by atoms with Crippen molar-refractivity contribution < 1.29 is 0 Å². The lowest BCUT2D eigenvalue weighted by Gasteiger charge is -2.21. The van der Waals surface area contributed by atoms with E-state index in [0.29, 0.717) is 0 Å². The molecule has 0 spiro atoms. The minimum absolute atomic E-state index is 0.807. The molecule has 0 amide bonds. The van der Waals surface area contributed by atoms with Crippen LogP contribution in [0.3, 0.4) is 0 Å². The molecular weight excluding hydrogens is 487 g/mol. The van der Waals surface area contributed by atoms with Gasteiger partial charge in [-0.3, -0.25) is 0 Å². The van der Waals surface area contributed by atoms with E-state index in [1.165, 1.54) is 0 Å². The van der Waals surface area contributed by atoms with Gasteiger partial charge in [0.15, 0.2) is 5.39 Å². The highest BCUT2D eigenvalue weighted by molar-refractivity contribution is 9.26. The standard InChI is InChI=1S/C8H4Br4Cl2/c9-7(10,13)5-3-1-2-4-6(5)8(11,12)14/h1-4H. The molecule has 0 saturated carbocycles. The smallest absolute Gasteiger partial charge is 0.0885 e. The first-order chi connectivity index (χ1) is 6.23. The van der Waals surface area contributed by atoms with Crippen molar-refractivity contribution in [3.8, 4) is 0 Å². The summed E-state index contributed by atoms with van der Waals surface area (Å²) in [4.78, 5) is 0. The summed E-state index contributed by atoms with van der Waals surface area (Å²) in [5.74, 6) is 0. The summed E-state index contributed by atoms with van der Waals surface area (Å²) in [6.07, 6.45) is 0. The van der Waals surface area contributed by atoms with Gasteiger partial charge in [-0.2, -0.15) is 0 Å². The maximum absolute atomic E-state index is 6.10. The SMILES string of the molecule is ClC(Br)(Br)c1ccccc1C(Cl)(Br)Br. The summed E-state index contributed by atoms with van der Waals surface area (Å²) < 4.78 is -1.61. The van der Waals surface area contributed by atoms with Gasteiger partial charge in [-0.25, -0.2) is 0 Å². The van der Waals surface area contributed by atoms with Gasteiger partial charge in [0.2, 0.25) is 0 Å². The molecule has 1 aromatic carbocycles. The van der Waals surface area contributed by atoms with Crippen LogP contribution in [0.1, 0.15) is 11.1 Å². The minimum Gasteiger partial charge on any atom is -0.0885 e. The Bertz CT molecular complexity index is 294. The molecule has 0 aliphatic rings. The summed E-state index contributed by atoms with van der Waals surface area (Å²) in [5.41, 5.74) is 1.68. The molecule has 0 radical (unpaired) electrons. The molecule has 0 aliphatic heterocycles. The van der Waals surface area contributed by atoms with E-state index in [9.17, 15) is 0 Å². The summed E-state index contributed by atoms with van der Waals surface area (Å²) in [5, 5.41) is 0. The first-order valence-corrected chi connectivity index (χ1v) is 7.39. The van der Waals surface area contributed by atoms with Crippen molar-refractivity contribution in [3.05, 3.63) is 35.4 Å². The Labute approximate surface area is 126 Å². The molecule has 14 heavy (non-hydrogen) atoms. The molecule has 0 N–H and O–H groups in total. The van der Waals surface area contributed by atoms with Gasteiger partial charge in [0.1, 0.15) is 0 Å². The first-order valence-electron chi connectivity index (χ1n) is 3.46. The number of alkyl halides is 6. The third kappa shape index (κ3) is 3.63. The van der Waals surface area contributed by atoms with Crippen LogP contribution in [-0.2, 0) is 5.39 Å². The molecule has 0 unspecified atom stereocenters. The summed E-state index contributed by atoms with van der Waals surface area (Å²) >= 11 is 25.5. The largest absolute Gasteiger partial charge is 0.178 e. The van der Waals surface area contributed by atoms with Crippen LogP contribution in [0.2, 0.25) is 0 Å². The van der Waals surface area contributed by atoms with Gasteiger partial charge < -0.3 is 0 Å². The van der Waals surface area contributed by atoms with E-state index in [1.54, 1.807) is 0 Å².